The Labute approximate surface area is 157 Å². The molecule has 0 saturated carbocycles. The minimum atomic E-state index is -3.52. The van der Waals surface area contributed by atoms with Gasteiger partial charge in [0, 0.05) is 11.3 Å². The monoisotopic (exact) mass is 394 g/mol. The van der Waals surface area contributed by atoms with Gasteiger partial charge in [0.05, 0.1) is 23.5 Å². The predicted octanol–water partition coefficient (Wildman–Crippen LogP) is 3.08. The summed E-state index contributed by atoms with van der Waals surface area (Å²) < 4.78 is 29.7. The number of hydrogen-bond donors (Lipinski definition) is 1. The Kier molecular flexibility index (Phi) is 5.62. The zero-order chi connectivity index (χ0) is 18.7. The van der Waals surface area contributed by atoms with Gasteiger partial charge in [-0.05, 0) is 49.4 Å². The first-order chi connectivity index (χ1) is 12.4. The molecule has 0 saturated heterocycles. The van der Waals surface area contributed by atoms with Crippen LogP contribution in [0.4, 0.5) is 5.13 Å². The van der Waals surface area contributed by atoms with Gasteiger partial charge in [-0.15, -0.1) is 11.3 Å². The number of anilines is 1. The summed E-state index contributed by atoms with van der Waals surface area (Å²) in [7, 11) is -2.00. The van der Waals surface area contributed by atoms with Crippen molar-refractivity contribution in [2.24, 2.45) is 5.92 Å². The van der Waals surface area contributed by atoms with Crippen LogP contribution in [0.5, 0.6) is 5.75 Å². The van der Waals surface area contributed by atoms with E-state index in [0.717, 1.165) is 25.0 Å². The second-order valence-electron chi connectivity index (χ2n) is 6.53. The number of fused-ring (bicyclic) bond motifs is 1. The quantitative estimate of drug-likeness (QED) is 0.814. The van der Waals surface area contributed by atoms with Gasteiger partial charge in [-0.2, -0.15) is 0 Å². The Morgan fingerprint density at radius 1 is 1.35 bits per heavy atom. The highest BCUT2D eigenvalue weighted by Gasteiger charge is 2.21. The van der Waals surface area contributed by atoms with Crippen molar-refractivity contribution < 1.29 is 17.9 Å². The SMILES string of the molecule is COc1ccc(S(=O)(=O)CCC(=O)Nc2nc3c(s2)C[C@H](C)CC3)cc1. The molecule has 0 bridgehead atoms. The number of aromatic nitrogens is 1. The second kappa shape index (κ2) is 7.75. The minimum absolute atomic E-state index is 0.102. The summed E-state index contributed by atoms with van der Waals surface area (Å²) >= 11 is 1.49. The zero-order valence-corrected chi connectivity index (χ0v) is 16.5. The summed E-state index contributed by atoms with van der Waals surface area (Å²) in [4.78, 5) is 18.0. The molecule has 140 valence electrons. The third kappa shape index (κ3) is 4.42. The van der Waals surface area contributed by atoms with E-state index >= 15 is 0 Å². The van der Waals surface area contributed by atoms with Crippen LogP contribution in [0.2, 0.25) is 0 Å². The Morgan fingerprint density at radius 3 is 2.77 bits per heavy atom. The lowest BCUT2D eigenvalue weighted by Crippen LogP contribution is -2.17. The standard InChI is InChI=1S/C18H22N2O4S2/c1-12-3-8-15-16(11-12)25-18(19-15)20-17(21)9-10-26(22,23)14-6-4-13(24-2)5-7-14/h4-7,12H,3,8-11H2,1-2H3,(H,19,20,21)/t12-/m1/s1. The van der Waals surface area contributed by atoms with Crippen LogP contribution in [-0.2, 0) is 27.5 Å². The van der Waals surface area contributed by atoms with Gasteiger partial charge in [-0.1, -0.05) is 6.92 Å². The number of ether oxygens (including phenoxy) is 1. The first-order valence-electron chi connectivity index (χ1n) is 8.52. The fourth-order valence-electron chi connectivity index (χ4n) is 2.90. The first-order valence-corrected chi connectivity index (χ1v) is 11.0. The van der Waals surface area contributed by atoms with E-state index in [1.165, 1.54) is 35.5 Å². The van der Waals surface area contributed by atoms with Crippen LogP contribution in [0.3, 0.4) is 0 Å². The number of sulfone groups is 1. The third-order valence-corrected chi connectivity index (χ3v) is 7.22. The average molecular weight is 395 g/mol. The summed E-state index contributed by atoms with van der Waals surface area (Å²) in [5.74, 6) is 0.652. The molecule has 8 heteroatoms. The van der Waals surface area contributed by atoms with Gasteiger partial charge in [-0.3, -0.25) is 4.79 Å². The highest BCUT2D eigenvalue weighted by atomic mass is 32.2. The Bertz CT molecular complexity index is 888. The summed E-state index contributed by atoms with van der Waals surface area (Å²) in [6.07, 6.45) is 2.95. The number of nitrogens with one attached hydrogen (secondary N) is 1. The molecule has 0 unspecified atom stereocenters. The molecule has 1 aliphatic carbocycles. The van der Waals surface area contributed by atoms with Crippen LogP contribution >= 0.6 is 11.3 Å². The van der Waals surface area contributed by atoms with Gasteiger partial charge in [-0.25, -0.2) is 13.4 Å². The van der Waals surface area contributed by atoms with E-state index in [1.54, 1.807) is 12.1 Å². The molecule has 1 aromatic heterocycles. The van der Waals surface area contributed by atoms with Crippen molar-refractivity contribution in [3.8, 4) is 5.75 Å². The van der Waals surface area contributed by atoms with Gasteiger partial charge in [0.1, 0.15) is 5.75 Å². The fraction of sp³-hybridized carbons (Fsp3) is 0.444. The lowest BCUT2D eigenvalue weighted by atomic mass is 9.93. The minimum Gasteiger partial charge on any atom is -0.497 e. The van der Waals surface area contributed by atoms with E-state index in [-0.39, 0.29) is 23.0 Å². The largest absolute Gasteiger partial charge is 0.497 e. The maximum Gasteiger partial charge on any atom is 0.227 e. The molecule has 2 aromatic rings. The van der Waals surface area contributed by atoms with Crippen molar-refractivity contribution in [2.75, 3.05) is 18.2 Å². The van der Waals surface area contributed by atoms with Crippen molar-refractivity contribution in [3.63, 3.8) is 0 Å². The van der Waals surface area contributed by atoms with Gasteiger partial charge in [0.15, 0.2) is 15.0 Å². The summed E-state index contributed by atoms with van der Waals surface area (Å²) in [6.45, 7) is 2.21. The highest BCUT2D eigenvalue weighted by molar-refractivity contribution is 7.91. The van der Waals surface area contributed by atoms with Crippen molar-refractivity contribution in [3.05, 3.63) is 34.8 Å². The number of benzene rings is 1. The van der Waals surface area contributed by atoms with Crippen LogP contribution in [0.15, 0.2) is 29.2 Å². The predicted molar refractivity (Wildman–Crippen MR) is 102 cm³/mol. The lowest BCUT2D eigenvalue weighted by Gasteiger charge is -2.15. The van der Waals surface area contributed by atoms with E-state index < -0.39 is 9.84 Å². The van der Waals surface area contributed by atoms with Gasteiger partial charge in [0.2, 0.25) is 5.91 Å². The van der Waals surface area contributed by atoms with Gasteiger partial charge in [0.25, 0.3) is 0 Å². The van der Waals surface area contributed by atoms with E-state index in [0.29, 0.717) is 16.8 Å². The molecule has 0 spiro atoms. The molecule has 6 nitrogen and oxygen atoms in total. The maximum atomic E-state index is 12.4. The first kappa shape index (κ1) is 18.8. The number of hydrogen-bond acceptors (Lipinski definition) is 6. The van der Waals surface area contributed by atoms with Gasteiger partial charge < -0.3 is 10.1 Å². The topological polar surface area (TPSA) is 85.4 Å². The molecule has 1 heterocycles. The van der Waals surface area contributed by atoms with Crippen LogP contribution in [0, 0.1) is 5.92 Å². The Hall–Kier alpha value is -1.93. The van der Waals surface area contributed by atoms with Crippen LogP contribution in [0.1, 0.15) is 30.3 Å². The smallest absolute Gasteiger partial charge is 0.227 e. The van der Waals surface area contributed by atoms with E-state index in [2.05, 4.69) is 17.2 Å². The number of amides is 1. The number of carbonyl (C=O) groups excluding carboxylic acids is 1. The molecule has 1 aromatic carbocycles. The number of methoxy groups -OCH3 is 1. The summed E-state index contributed by atoms with van der Waals surface area (Å²) in [6, 6.07) is 6.16. The second-order valence-corrected chi connectivity index (χ2v) is 9.72. The molecular weight excluding hydrogens is 372 g/mol. The summed E-state index contributed by atoms with van der Waals surface area (Å²) in [5, 5.41) is 3.31. The molecule has 1 atom stereocenters. The maximum absolute atomic E-state index is 12.4. The van der Waals surface area contributed by atoms with E-state index in [4.69, 9.17) is 4.74 Å². The third-order valence-electron chi connectivity index (χ3n) is 4.45. The van der Waals surface area contributed by atoms with Crippen LogP contribution < -0.4 is 10.1 Å². The average Bonchev–Trinajstić information content (AvgIpc) is 3.01. The molecule has 1 aliphatic rings. The molecular formula is C18H22N2O4S2. The molecule has 0 radical (unpaired) electrons. The van der Waals surface area contributed by atoms with E-state index in [1.807, 2.05) is 0 Å². The van der Waals surface area contributed by atoms with Crippen molar-refractivity contribution in [2.45, 2.75) is 37.5 Å². The van der Waals surface area contributed by atoms with Crippen molar-refractivity contribution in [1.82, 2.24) is 4.98 Å². The van der Waals surface area contributed by atoms with Crippen LogP contribution in [0.25, 0.3) is 0 Å². The molecule has 1 N–H and O–H groups in total. The normalized spacial score (nSPS) is 16.8. The molecule has 26 heavy (non-hydrogen) atoms. The van der Waals surface area contributed by atoms with Crippen molar-refractivity contribution >= 4 is 32.2 Å². The van der Waals surface area contributed by atoms with Crippen LogP contribution in [-0.4, -0.2) is 32.2 Å². The zero-order valence-electron chi connectivity index (χ0n) is 14.8. The van der Waals surface area contributed by atoms with Crippen molar-refractivity contribution in [1.29, 1.82) is 0 Å². The fourth-order valence-corrected chi connectivity index (χ4v) is 5.33. The number of thiazole rings is 1. The Balaban J connectivity index is 1.58. The molecule has 3 rings (SSSR count). The summed E-state index contributed by atoms with van der Waals surface area (Å²) in [5.41, 5.74) is 1.06. The lowest BCUT2D eigenvalue weighted by molar-refractivity contribution is -0.115. The Morgan fingerprint density at radius 2 is 2.08 bits per heavy atom. The number of nitrogens with zero attached hydrogens (tertiary/aromatic N) is 1. The molecule has 0 aliphatic heterocycles. The highest BCUT2D eigenvalue weighted by Crippen LogP contribution is 2.32. The number of aryl methyl sites for hydroxylation is 1. The van der Waals surface area contributed by atoms with Gasteiger partial charge >= 0.3 is 0 Å². The number of carbonyl (C=O) groups is 1. The van der Waals surface area contributed by atoms with E-state index in [9.17, 15) is 13.2 Å². The molecule has 0 fully saturated rings. The number of rotatable bonds is 6. The molecule has 1 amide bonds.